The van der Waals surface area contributed by atoms with Gasteiger partial charge in [0.1, 0.15) is 5.75 Å². The molecule has 0 N–H and O–H groups in total. The molecule has 0 spiro atoms. The first-order valence-corrected chi connectivity index (χ1v) is 8.71. The van der Waals surface area contributed by atoms with Crippen LogP contribution in [0.2, 0.25) is 0 Å². The average Bonchev–Trinajstić information content (AvgIpc) is 2.26. The zero-order chi connectivity index (χ0) is 14.5. The van der Waals surface area contributed by atoms with Crippen LogP contribution in [0.3, 0.4) is 0 Å². The minimum atomic E-state index is -4.30. The summed E-state index contributed by atoms with van der Waals surface area (Å²) in [4.78, 5) is 11.9. The second-order valence-electron chi connectivity index (χ2n) is 3.31. The third kappa shape index (κ3) is 8.72. The zero-order valence-electron chi connectivity index (χ0n) is 10.8. The molecule has 1 unspecified atom stereocenters. The van der Waals surface area contributed by atoms with E-state index in [0.29, 0.717) is 11.8 Å². The van der Waals surface area contributed by atoms with Gasteiger partial charge in [-0.2, -0.15) is 13.2 Å². The molecule has 0 radical (unpaired) electrons. The first-order chi connectivity index (χ1) is 8.73. The topological polar surface area (TPSA) is 41.5 Å². The third-order valence-corrected chi connectivity index (χ3v) is 4.39. The molecule has 1 aromatic carbocycles. The molecule has 0 fully saturated rings. The van der Waals surface area contributed by atoms with Crippen molar-refractivity contribution >= 4 is 30.3 Å². The Morgan fingerprint density at radius 3 is 2.50 bits per heavy atom. The molecule has 0 aliphatic heterocycles. The number of rotatable bonds is 6. The van der Waals surface area contributed by atoms with Crippen LogP contribution in [0.1, 0.15) is 6.92 Å². The Hall–Kier alpha value is 1.37. The molecule has 3 nitrogen and oxygen atoms in total. The van der Waals surface area contributed by atoms with Gasteiger partial charge in [-0.3, -0.25) is 0 Å². The van der Waals surface area contributed by atoms with Gasteiger partial charge in [0.25, 0.3) is 0 Å². The largest absolute Gasteiger partial charge is 1.00 e. The van der Waals surface area contributed by atoms with Gasteiger partial charge in [0, 0.05) is 0 Å². The van der Waals surface area contributed by atoms with Crippen LogP contribution >= 0.6 is 18.5 Å². The van der Waals surface area contributed by atoms with E-state index in [0.717, 1.165) is 0 Å². The number of halogens is 3. The van der Waals surface area contributed by atoms with Crippen molar-refractivity contribution < 1.29 is 78.5 Å². The van der Waals surface area contributed by atoms with Gasteiger partial charge in [-0.25, -0.2) is 0 Å². The Morgan fingerprint density at radius 2 is 1.95 bits per heavy atom. The summed E-state index contributed by atoms with van der Waals surface area (Å²) in [5.41, 5.74) is 0. The van der Waals surface area contributed by atoms with Crippen molar-refractivity contribution in [2.45, 2.75) is 18.0 Å². The van der Waals surface area contributed by atoms with Crippen LogP contribution in [0.5, 0.6) is 5.75 Å². The van der Waals surface area contributed by atoms with Gasteiger partial charge in [-0.15, -0.1) is 11.8 Å². The monoisotopic (exact) mass is 370 g/mol. The summed E-state index contributed by atoms with van der Waals surface area (Å²) in [5, 5.41) is 0. The van der Waals surface area contributed by atoms with Crippen LogP contribution in [-0.2, 0) is 16.3 Å². The van der Waals surface area contributed by atoms with Crippen LogP contribution in [0.15, 0.2) is 29.2 Å². The number of alkyl halides is 3. The van der Waals surface area contributed by atoms with E-state index in [1.165, 1.54) is 12.1 Å². The summed E-state index contributed by atoms with van der Waals surface area (Å²) in [5.74, 6) is -1.03. The Balaban J connectivity index is 0.00000361. The quantitative estimate of drug-likeness (QED) is 0.411. The van der Waals surface area contributed by atoms with Crippen LogP contribution < -0.4 is 60.8 Å². The Morgan fingerprint density at radius 1 is 1.35 bits per heavy atom. The maximum absolute atomic E-state index is 12.2. The summed E-state index contributed by atoms with van der Waals surface area (Å²) in [6.07, 6.45) is -4.30. The molecular weight excluding hydrogens is 359 g/mol. The van der Waals surface area contributed by atoms with Crippen molar-refractivity contribution in [3.63, 3.8) is 0 Å². The van der Waals surface area contributed by atoms with Crippen molar-refractivity contribution in [1.29, 1.82) is 0 Å². The molecule has 10 heteroatoms. The predicted octanol–water partition coefficient (Wildman–Crippen LogP) is 0.345. The molecule has 0 aromatic heterocycles. The van der Waals surface area contributed by atoms with E-state index in [1.54, 1.807) is 19.1 Å². The van der Waals surface area contributed by atoms with Gasteiger partial charge in [-0.1, -0.05) is 12.1 Å². The van der Waals surface area contributed by atoms with Crippen molar-refractivity contribution in [2.24, 2.45) is 0 Å². The fourth-order valence-electron chi connectivity index (χ4n) is 1.11. The summed E-state index contributed by atoms with van der Waals surface area (Å²) < 4.78 is 46.3. The number of benzene rings is 1. The van der Waals surface area contributed by atoms with Gasteiger partial charge in [0.15, 0.2) is 6.72 Å². The molecule has 0 bridgehead atoms. The first-order valence-electron chi connectivity index (χ1n) is 5.17. The Kier molecular flexibility index (Phi) is 10.1. The molecule has 1 rings (SSSR count). The van der Waals surface area contributed by atoms with Crippen molar-refractivity contribution in [1.82, 2.24) is 0 Å². The molecule has 0 saturated carbocycles. The summed E-state index contributed by atoms with van der Waals surface area (Å²) >= 11 is 5.16. The van der Waals surface area contributed by atoms with Gasteiger partial charge >= 0.3 is 57.6 Å². The molecule has 108 valence electrons. The van der Waals surface area contributed by atoms with Gasteiger partial charge in [0.05, 0.1) is 17.3 Å². The predicted molar refractivity (Wildman–Crippen MR) is 69.8 cm³/mol. The molecule has 20 heavy (non-hydrogen) atoms. The van der Waals surface area contributed by atoms with Crippen LogP contribution in [0.4, 0.5) is 13.2 Å². The minimum absolute atomic E-state index is 0. The molecule has 0 aliphatic rings. The van der Waals surface area contributed by atoms with E-state index < -0.39 is 18.6 Å². The molecule has 0 amide bonds. The number of hydrogen-bond donors (Lipinski definition) is 0. The van der Waals surface area contributed by atoms with Crippen molar-refractivity contribution in [2.75, 3.05) is 12.4 Å². The van der Waals surface area contributed by atoms with E-state index in [2.05, 4.69) is 11.8 Å². The van der Waals surface area contributed by atoms with E-state index in [-0.39, 0.29) is 68.6 Å². The molecule has 1 aromatic rings. The van der Waals surface area contributed by atoms with E-state index in [4.69, 9.17) is 9.05 Å². The standard InChI is InChI=1S/C10H12F3O3PS2.K/c1-2-15-17(14,18)16-8-5-3-4-6-9(8)19-7-10(11,12)13;/h3-6H,2,7H2,1H3,(H,14,18);/q;+1/p-1. The van der Waals surface area contributed by atoms with Crippen LogP contribution in [-0.4, -0.2) is 18.5 Å². The molecule has 0 heterocycles. The summed E-state index contributed by atoms with van der Waals surface area (Å²) in [7, 11) is 0. The second-order valence-corrected chi connectivity index (χ2v) is 7.00. The zero-order valence-corrected chi connectivity index (χ0v) is 16.5. The van der Waals surface area contributed by atoms with Gasteiger partial charge in [-0.05, 0) is 30.9 Å². The molecular formula is C10H11F3KO3PS2. The SMILES string of the molecule is CCOP([O-])(=S)Oc1ccccc1SCC(F)(F)F.[K+]. The van der Waals surface area contributed by atoms with Crippen LogP contribution in [0, 0.1) is 0 Å². The summed E-state index contributed by atoms with van der Waals surface area (Å²) in [6, 6.07) is 5.94. The number of hydrogen-bond acceptors (Lipinski definition) is 5. The second kappa shape index (κ2) is 9.49. The molecule has 1 atom stereocenters. The Bertz CT molecular complexity index is 473. The minimum Gasteiger partial charge on any atom is -0.770 e. The number of thioether (sulfide) groups is 1. The van der Waals surface area contributed by atoms with E-state index >= 15 is 0 Å². The molecule has 0 aliphatic carbocycles. The average molecular weight is 370 g/mol. The smallest absolute Gasteiger partial charge is 0.770 e. The Labute approximate surface area is 167 Å². The molecule has 0 saturated heterocycles. The normalized spacial score (nSPS) is 14.2. The first kappa shape index (κ1) is 21.4. The van der Waals surface area contributed by atoms with E-state index in [9.17, 15) is 18.1 Å². The van der Waals surface area contributed by atoms with Crippen LogP contribution in [0.25, 0.3) is 0 Å². The maximum atomic E-state index is 12.2. The van der Waals surface area contributed by atoms with Gasteiger partial charge in [0.2, 0.25) is 0 Å². The van der Waals surface area contributed by atoms with Crippen molar-refractivity contribution in [3.05, 3.63) is 24.3 Å². The third-order valence-electron chi connectivity index (χ3n) is 1.74. The van der Waals surface area contributed by atoms with E-state index in [1.807, 2.05) is 0 Å². The summed E-state index contributed by atoms with van der Waals surface area (Å²) in [6.45, 7) is -2.03. The van der Waals surface area contributed by atoms with Gasteiger partial charge < -0.3 is 13.9 Å². The maximum Gasteiger partial charge on any atom is 1.00 e. The number of para-hydroxylation sites is 1. The fourth-order valence-corrected chi connectivity index (χ4v) is 3.24. The van der Waals surface area contributed by atoms with Crippen molar-refractivity contribution in [3.8, 4) is 5.75 Å². The fraction of sp³-hybridized carbons (Fsp3) is 0.400.